The highest BCUT2D eigenvalue weighted by atomic mass is 32.3. The van der Waals surface area contributed by atoms with E-state index >= 15 is 0 Å². The van der Waals surface area contributed by atoms with E-state index in [9.17, 15) is 18.9 Å². The number of aryl methyl sites for hydroxylation is 1. The van der Waals surface area contributed by atoms with Crippen LogP contribution in [-0.2, 0) is 25.2 Å². The molecule has 36 heavy (non-hydrogen) atoms. The molecule has 8 nitrogen and oxygen atoms in total. The largest absolute Gasteiger partial charge is 0.391 e. The van der Waals surface area contributed by atoms with Gasteiger partial charge in [0.05, 0.1) is 34.3 Å². The average molecular weight is 531 g/mol. The number of thiazole rings is 1. The summed E-state index contributed by atoms with van der Waals surface area (Å²) in [6, 6.07) is 7.05. The number of aliphatic hydroxyl groups excluding tert-OH is 1. The molecule has 2 fully saturated rings. The highest BCUT2D eigenvalue weighted by molar-refractivity contribution is 7.99. The number of thiol groups is 1. The fraction of sp³-hybridized carbons (Fsp3) is 0.500. The Labute approximate surface area is 217 Å². The molecule has 1 amide bonds. The summed E-state index contributed by atoms with van der Waals surface area (Å²) in [7, 11) is -2.58. The maximum atomic E-state index is 13.6. The second-order valence-electron chi connectivity index (χ2n) is 10.6. The average Bonchev–Trinajstić information content (AvgIpc) is 3.60. The lowest BCUT2D eigenvalue weighted by Crippen LogP contribution is -2.52. The molecule has 0 bridgehead atoms. The van der Waals surface area contributed by atoms with Crippen LogP contribution < -0.4 is 5.32 Å². The van der Waals surface area contributed by atoms with Crippen LogP contribution in [0.25, 0.3) is 10.4 Å². The maximum absolute atomic E-state index is 13.6. The Bertz CT molecular complexity index is 1270. The lowest BCUT2D eigenvalue weighted by molar-refractivity contribution is -0.135. The van der Waals surface area contributed by atoms with Gasteiger partial charge in [-0.2, -0.15) is 0 Å². The molecule has 10 heteroatoms. The second-order valence-corrected chi connectivity index (χ2v) is 14.5. The van der Waals surface area contributed by atoms with E-state index in [-0.39, 0.29) is 18.2 Å². The zero-order chi connectivity index (χ0) is 25.8. The number of carbonyl (C=O) groups is 2. The number of aromatic nitrogens is 1. The summed E-state index contributed by atoms with van der Waals surface area (Å²) < 4.78 is 14.6. The molecule has 0 saturated carbocycles. The molecule has 2 aromatic rings. The number of likely N-dealkylation sites (tertiary alicyclic amines) is 1. The summed E-state index contributed by atoms with van der Waals surface area (Å²) in [5, 5.41) is 13.9. The molecule has 194 valence electrons. The third-order valence-corrected chi connectivity index (χ3v) is 10.4. The number of hydrogen-bond acceptors (Lipinski definition) is 7. The van der Waals surface area contributed by atoms with Gasteiger partial charge in [-0.25, -0.2) is 9.29 Å². The Balaban J connectivity index is 1.37. The van der Waals surface area contributed by atoms with Crippen molar-refractivity contribution in [3.05, 3.63) is 52.8 Å². The molecule has 0 spiro atoms. The first-order valence-corrected chi connectivity index (χ1v) is 15.8. The van der Waals surface area contributed by atoms with E-state index in [0.717, 1.165) is 28.1 Å². The van der Waals surface area contributed by atoms with Crippen molar-refractivity contribution >= 4 is 33.1 Å². The Morgan fingerprint density at radius 3 is 2.64 bits per heavy atom. The maximum Gasteiger partial charge on any atom is 0.241 e. The lowest BCUT2D eigenvalue weighted by atomic mass is 9.89. The summed E-state index contributed by atoms with van der Waals surface area (Å²) in [6.45, 7) is 4.67. The number of carbonyl (C=O) groups excluding carboxylic acids is 2. The number of β-amino-alcohol motifs (C(OH)–C–C–N with tert-alkyl or cyclic N) is 1. The summed E-state index contributed by atoms with van der Waals surface area (Å²) in [5.74, 6) is -0.201. The third-order valence-electron chi connectivity index (χ3n) is 7.69. The van der Waals surface area contributed by atoms with Gasteiger partial charge in [0, 0.05) is 43.8 Å². The monoisotopic (exact) mass is 530 g/mol. The first kappa shape index (κ1) is 25.3. The smallest absolute Gasteiger partial charge is 0.241 e. The summed E-state index contributed by atoms with van der Waals surface area (Å²) in [5.41, 5.74) is 4.39. The SMILES string of the molecule is Cc1ncsc1-c1ccc([C@]2(C)NC([C@H]3C[C@@H](O)CN3C(=O)[C@@H]3CCCN3[SH](C)(C)=O)=CC2=O)cc1. The first-order chi connectivity index (χ1) is 17.0. The Morgan fingerprint density at radius 2 is 2.00 bits per heavy atom. The van der Waals surface area contributed by atoms with E-state index in [1.807, 2.05) is 47.9 Å². The van der Waals surface area contributed by atoms with E-state index in [4.69, 9.17) is 0 Å². The van der Waals surface area contributed by atoms with Gasteiger partial charge in [0.2, 0.25) is 5.91 Å². The van der Waals surface area contributed by atoms with Gasteiger partial charge in [0.15, 0.2) is 5.78 Å². The molecule has 3 aliphatic heterocycles. The third kappa shape index (κ3) is 4.34. The zero-order valence-corrected chi connectivity index (χ0v) is 22.8. The summed E-state index contributed by atoms with van der Waals surface area (Å²) in [4.78, 5) is 34.0. The minimum Gasteiger partial charge on any atom is -0.391 e. The van der Waals surface area contributed by atoms with Crippen molar-refractivity contribution in [3.63, 3.8) is 0 Å². The quantitative estimate of drug-likeness (QED) is 0.511. The van der Waals surface area contributed by atoms with Crippen LogP contribution in [0, 0.1) is 6.92 Å². The summed E-state index contributed by atoms with van der Waals surface area (Å²) in [6.07, 6.45) is 6.14. The molecule has 0 unspecified atom stereocenters. The van der Waals surface area contributed by atoms with Gasteiger partial charge < -0.3 is 15.3 Å². The van der Waals surface area contributed by atoms with Gasteiger partial charge in [-0.05, 0) is 37.8 Å². The van der Waals surface area contributed by atoms with Crippen molar-refractivity contribution in [1.82, 2.24) is 19.5 Å². The van der Waals surface area contributed by atoms with E-state index < -0.39 is 33.8 Å². The van der Waals surface area contributed by atoms with Gasteiger partial charge in [-0.1, -0.05) is 34.4 Å². The zero-order valence-electron chi connectivity index (χ0n) is 21.1. The van der Waals surface area contributed by atoms with Crippen LogP contribution in [0.3, 0.4) is 0 Å². The molecule has 2 saturated heterocycles. The number of nitrogens with zero attached hydrogens (tertiary/aromatic N) is 3. The molecule has 5 rings (SSSR count). The highest BCUT2D eigenvalue weighted by Crippen LogP contribution is 2.36. The van der Waals surface area contributed by atoms with E-state index in [0.29, 0.717) is 25.1 Å². The molecule has 4 atom stereocenters. The molecule has 0 radical (unpaired) electrons. The minimum atomic E-state index is -2.58. The van der Waals surface area contributed by atoms with Crippen molar-refractivity contribution < 1.29 is 18.9 Å². The normalized spacial score (nSPS) is 29.5. The fourth-order valence-corrected chi connectivity index (χ4v) is 8.04. The van der Waals surface area contributed by atoms with Gasteiger partial charge in [0.1, 0.15) is 5.54 Å². The van der Waals surface area contributed by atoms with Crippen molar-refractivity contribution in [2.24, 2.45) is 0 Å². The molecule has 2 N–H and O–H groups in total. The Kier molecular flexibility index (Phi) is 6.43. The molecular formula is C26H34N4O4S2. The van der Waals surface area contributed by atoms with Crippen molar-refractivity contribution in [2.45, 2.75) is 56.8 Å². The Hall–Kier alpha value is -2.40. The van der Waals surface area contributed by atoms with Gasteiger partial charge in [-0.3, -0.25) is 13.8 Å². The van der Waals surface area contributed by atoms with Crippen LogP contribution in [0.2, 0.25) is 0 Å². The minimum absolute atomic E-state index is 0.0814. The molecular weight excluding hydrogens is 496 g/mol. The standard InChI is InChI=1S/C26H34N4O4S2/c1-16-24(35-15-27-16)17-7-9-18(10-8-17)26(2)23(32)13-20(28-26)22-12-19(31)14-29(22)25(33)21-6-5-11-30(21)36(3,4)34/h7-10,13,15,19,21-22,28,31,36H,5-6,11-12,14H2,1-4H3/t19-,21+,22-,26+/m1/s1. The molecule has 1 aromatic heterocycles. The number of benzene rings is 1. The Morgan fingerprint density at radius 1 is 1.28 bits per heavy atom. The fourth-order valence-electron chi connectivity index (χ4n) is 5.72. The number of hydrogen-bond donors (Lipinski definition) is 3. The topological polar surface area (TPSA) is 103 Å². The highest BCUT2D eigenvalue weighted by Gasteiger charge is 2.47. The van der Waals surface area contributed by atoms with Crippen LogP contribution in [0.1, 0.15) is 37.4 Å². The van der Waals surface area contributed by atoms with Gasteiger partial charge in [-0.15, -0.1) is 11.3 Å². The van der Waals surface area contributed by atoms with Crippen LogP contribution in [0.5, 0.6) is 0 Å². The van der Waals surface area contributed by atoms with Gasteiger partial charge in [0.25, 0.3) is 0 Å². The van der Waals surface area contributed by atoms with E-state index in [2.05, 4.69) is 10.3 Å². The van der Waals surface area contributed by atoms with Crippen LogP contribution >= 0.6 is 11.3 Å². The molecule has 1 aromatic carbocycles. The lowest BCUT2D eigenvalue weighted by Gasteiger charge is -2.36. The molecule has 4 heterocycles. The predicted octanol–water partition coefficient (Wildman–Crippen LogP) is 2.01. The number of nitrogens with one attached hydrogen (secondary N) is 1. The molecule has 3 aliphatic rings. The van der Waals surface area contributed by atoms with E-state index in [1.54, 1.807) is 34.8 Å². The van der Waals surface area contributed by atoms with Crippen LogP contribution in [-0.4, -0.2) is 79.0 Å². The van der Waals surface area contributed by atoms with Crippen molar-refractivity contribution in [2.75, 3.05) is 25.6 Å². The van der Waals surface area contributed by atoms with Crippen LogP contribution in [0.4, 0.5) is 0 Å². The van der Waals surface area contributed by atoms with Crippen molar-refractivity contribution in [1.29, 1.82) is 0 Å². The predicted molar refractivity (Wildman–Crippen MR) is 143 cm³/mol. The summed E-state index contributed by atoms with van der Waals surface area (Å²) >= 11 is 1.59. The first-order valence-electron chi connectivity index (χ1n) is 12.3. The van der Waals surface area contributed by atoms with Crippen LogP contribution in [0.15, 0.2) is 41.5 Å². The number of amides is 1. The van der Waals surface area contributed by atoms with E-state index in [1.165, 1.54) is 0 Å². The number of ketones is 1. The number of aliphatic hydroxyl groups is 1. The second kappa shape index (κ2) is 9.16. The number of rotatable bonds is 5. The van der Waals surface area contributed by atoms with Gasteiger partial charge >= 0.3 is 0 Å². The van der Waals surface area contributed by atoms with Crippen molar-refractivity contribution in [3.8, 4) is 10.4 Å². The molecule has 0 aliphatic carbocycles.